The van der Waals surface area contributed by atoms with Gasteiger partial charge in [0, 0.05) is 6.04 Å². The van der Waals surface area contributed by atoms with E-state index < -0.39 is 0 Å². The molecule has 0 fully saturated rings. The van der Waals surface area contributed by atoms with E-state index in [4.69, 9.17) is 5.73 Å². The van der Waals surface area contributed by atoms with Crippen molar-refractivity contribution in [2.24, 2.45) is 11.7 Å². The Morgan fingerprint density at radius 3 is 2.19 bits per heavy atom. The predicted octanol–water partition coefficient (Wildman–Crippen LogP) is 3.86. The van der Waals surface area contributed by atoms with E-state index >= 15 is 0 Å². The van der Waals surface area contributed by atoms with Crippen molar-refractivity contribution in [2.45, 2.75) is 53.0 Å². The molecule has 0 saturated carbocycles. The lowest BCUT2D eigenvalue weighted by Gasteiger charge is -2.16. The number of aryl methyl sites for hydroxylation is 2. The summed E-state index contributed by atoms with van der Waals surface area (Å²) in [5.74, 6) is 0.658. The van der Waals surface area contributed by atoms with Crippen LogP contribution in [0.2, 0.25) is 0 Å². The Hall–Kier alpha value is -0.820. The third kappa shape index (κ3) is 3.34. The van der Waals surface area contributed by atoms with Crippen molar-refractivity contribution < 1.29 is 0 Å². The highest BCUT2D eigenvalue weighted by Crippen LogP contribution is 2.22. The van der Waals surface area contributed by atoms with Gasteiger partial charge in [-0.15, -0.1) is 0 Å². The summed E-state index contributed by atoms with van der Waals surface area (Å²) in [4.78, 5) is 0. The second kappa shape index (κ2) is 6.05. The van der Waals surface area contributed by atoms with Gasteiger partial charge >= 0.3 is 0 Å². The molecule has 1 rings (SSSR count). The second-order valence-electron chi connectivity index (χ2n) is 4.97. The van der Waals surface area contributed by atoms with E-state index in [1.807, 2.05) is 0 Å². The van der Waals surface area contributed by atoms with E-state index in [1.165, 1.54) is 16.7 Å². The first-order chi connectivity index (χ1) is 7.58. The van der Waals surface area contributed by atoms with Gasteiger partial charge in [-0.25, -0.2) is 0 Å². The SMILES string of the molecule is CCc1ccc(C(N)CC(C)C)cc1CC. The second-order valence-corrected chi connectivity index (χ2v) is 4.97. The zero-order valence-corrected chi connectivity index (χ0v) is 11.1. The maximum absolute atomic E-state index is 6.21. The Labute approximate surface area is 100 Å². The van der Waals surface area contributed by atoms with Gasteiger partial charge < -0.3 is 5.73 Å². The molecule has 1 atom stereocenters. The maximum Gasteiger partial charge on any atom is 0.0297 e. The summed E-state index contributed by atoms with van der Waals surface area (Å²) < 4.78 is 0. The first-order valence-electron chi connectivity index (χ1n) is 6.45. The van der Waals surface area contributed by atoms with Crippen LogP contribution in [-0.2, 0) is 12.8 Å². The maximum atomic E-state index is 6.21. The Kier molecular flexibility index (Phi) is 5.01. The molecule has 0 aromatic heterocycles. The zero-order chi connectivity index (χ0) is 12.1. The highest BCUT2D eigenvalue weighted by atomic mass is 14.6. The molecule has 1 unspecified atom stereocenters. The van der Waals surface area contributed by atoms with Gasteiger partial charge in [-0.2, -0.15) is 0 Å². The van der Waals surface area contributed by atoms with Gasteiger partial charge in [0.2, 0.25) is 0 Å². The van der Waals surface area contributed by atoms with E-state index in [0.29, 0.717) is 5.92 Å². The Morgan fingerprint density at radius 1 is 1.06 bits per heavy atom. The molecular formula is C15H25N. The number of hydrogen-bond acceptors (Lipinski definition) is 1. The van der Waals surface area contributed by atoms with Crippen molar-refractivity contribution in [2.75, 3.05) is 0 Å². The van der Waals surface area contributed by atoms with E-state index in [2.05, 4.69) is 45.9 Å². The lowest BCUT2D eigenvalue weighted by Crippen LogP contribution is -2.13. The molecule has 0 aliphatic carbocycles. The molecule has 0 heterocycles. The van der Waals surface area contributed by atoms with Crippen LogP contribution in [0, 0.1) is 5.92 Å². The van der Waals surface area contributed by atoms with Gasteiger partial charge in [0.15, 0.2) is 0 Å². The third-order valence-corrected chi connectivity index (χ3v) is 3.15. The summed E-state index contributed by atoms with van der Waals surface area (Å²) >= 11 is 0. The quantitative estimate of drug-likeness (QED) is 0.799. The average Bonchev–Trinajstić information content (AvgIpc) is 2.27. The molecule has 1 aromatic carbocycles. The molecule has 1 heteroatoms. The van der Waals surface area contributed by atoms with E-state index in [-0.39, 0.29) is 6.04 Å². The summed E-state index contributed by atoms with van der Waals surface area (Å²) in [6.45, 7) is 8.87. The molecule has 0 saturated heterocycles. The Balaban J connectivity index is 2.89. The number of nitrogens with two attached hydrogens (primary N) is 1. The molecule has 0 aliphatic rings. The summed E-state index contributed by atoms with van der Waals surface area (Å²) in [6.07, 6.45) is 3.28. The molecule has 0 amide bonds. The normalized spacial score (nSPS) is 13.1. The van der Waals surface area contributed by atoms with Crippen LogP contribution in [0.15, 0.2) is 18.2 Å². The standard InChI is InChI=1S/C15H25N/c1-5-12-7-8-14(10-13(12)6-2)15(16)9-11(3)4/h7-8,10-11,15H,5-6,9,16H2,1-4H3. The molecule has 0 aliphatic heterocycles. The van der Waals surface area contributed by atoms with Crippen LogP contribution < -0.4 is 5.73 Å². The van der Waals surface area contributed by atoms with Crippen LogP contribution >= 0.6 is 0 Å². The highest BCUT2D eigenvalue weighted by molar-refractivity contribution is 5.33. The molecule has 16 heavy (non-hydrogen) atoms. The van der Waals surface area contributed by atoms with Crippen LogP contribution in [0.5, 0.6) is 0 Å². The van der Waals surface area contributed by atoms with Crippen LogP contribution in [0.4, 0.5) is 0 Å². The van der Waals surface area contributed by atoms with E-state index in [1.54, 1.807) is 0 Å². The summed E-state index contributed by atoms with van der Waals surface area (Å²) in [5, 5.41) is 0. The smallest absolute Gasteiger partial charge is 0.0297 e. The largest absolute Gasteiger partial charge is 0.324 e. The van der Waals surface area contributed by atoms with E-state index in [0.717, 1.165) is 19.3 Å². The number of benzene rings is 1. The average molecular weight is 219 g/mol. The lowest BCUT2D eigenvalue weighted by atomic mass is 9.93. The zero-order valence-electron chi connectivity index (χ0n) is 11.1. The van der Waals surface area contributed by atoms with Crippen molar-refractivity contribution in [3.63, 3.8) is 0 Å². The van der Waals surface area contributed by atoms with Crippen LogP contribution in [-0.4, -0.2) is 0 Å². The highest BCUT2D eigenvalue weighted by Gasteiger charge is 2.09. The van der Waals surface area contributed by atoms with Crippen LogP contribution in [0.1, 0.15) is 56.8 Å². The van der Waals surface area contributed by atoms with Crippen molar-refractivity contribution in [1.29, 1.82) is 0 Å². The van der Waals surface area contributed by atoms with Crippen molar-refractivity contribution in [3.05, 3.63) is 34.9 Å². The summed E-state index contributed by atoms with van der Waals surface area (Å²) in [7, 11) is 0. The first-order valence-corrected chi connectivity index (χ1v) is 6.45. The van der Waals surface area contributed by atoms with Gasteiger partial charge in [-0.3, -0.25) is 0 Å². The van der Waals surface area contributed by atoms with Crippen LogP contribution in [0.25, 0.3) is 0 Å². The molecule has 0 spiro atoms. The molecule has 1 aromatic rings. The molecule has 2 N–H and O–H groups in total. The fourth-order valence-corrected chi connectivity index (χ4v) is 2.19. The minimum Gasteiger partial charge on any atom is -0.324 e. The number of hydrogen-bond donors (Lipinski definition) is 1. The van der Waals surface area contributed by atoms with Gasteiger partial charge in [-0.1, -0.05) is 45.9 Å². The van der Waals surface area contributed by atoms with Crippen LogP contribution in [0.3, 0.4) is 0 Å². The molecule has 1 nitrogen and oxygen atoms in total. The van der Waals surface area contributed by atoms with Gasteiger partial charge in [0.25, 0.3) is 0 Å². The Bertz CT molecular complexity index is 328. The fraction of sp³-hybridized carbons (Fsp3) is 0.600. The van der Waals surface area contributed by atoms with Gasteiger partial charge in [0.1, 0.15) is 0 Å². The van der Waals surface area contributed by atoms with E-state index in [9.17, 15) is 0 Å². The topological polar surface area (TPSA) is 26.0 Å². The van der Waals surface area contributed by atoms with Crippen molar-refractivity contribution >= 4 is 0 Å². The van der Waals surface area contributed by atoms with Gasteiger partial charge in [0.05, 0.1) is 0 Å². The minimum absolute atomic E-state index is 0.191. The van der Waals surface area contributed by atoms with Gasteiger partial charge in [-0.05, 0) is 41.9 Å². The first kappa shape index (κ1) is 13.2. The third-order valence-electron chi connectivity index (χ3n) is 3.15. The van der Waals surface area contributed by atoms with Crippen molar-refractivity contribution in [1.82, 2.24) is 0 Å². The predicted molar refractivity (Wildman–Crippen MR) is 71.6 cm³/mol. The molecular weight excluding hydrogens is 194 g/mol. The Morgan fingerprint density at radius 2 is 1.69 bits per heavy atom. The molecule has 90 valence electrons. The fourth-order valence-electron chi connectivity index (χ4n) is 2.19. The number of rotatable bonds is 5. The minimum atomic E-state index is 0.191. The molecule has 0 radical (unpaired) electrons. The monoisotopic (exact) mass is 219 g/mol. The lowest BCUT2D eigenvalue weighted by molar-refractivity contribution is 0.509. The summed E-state index contributed by atoms with van der Waals surface area (Å²) in [5.41, 5.74) is 10.4. The van der Waals surface area contributed by atoms with Crippen molar-refractivity contribution in [3.8, 4) is 0 Å². The molecule has 0 bridgehead atoms. The summed E-state index contributed by atoms with van der Waals surface area (Å²) in [6, 6.07) is 6.93.